The SMILES string of the molecule is CCCNC1CCOc2c(C)cccc21. The summed E-state index contributed by atoms with van der Waals surface area (Å²) in [5, 5.41) is 3.57. The van der Waals surface area contributed by atoms with Gasteiger partial charge in [0.2, 0.25) is 0 Å². The summed E-state index contributed by atoms with van der Waals surface area (Å²) in [5.41, 5.74) is 2.57. The van der Waals surface area contributed by atoms with Crippen LogP contribution in [0.3, 0.4) is 0 Å². The van der Waals surface area contributed by atoms with E-state index in [4.69, 9.17) is 4.74 Å². The molecule has 1 unspecified atom stereocenters. The third-order valence-corrected chi connectivity index (χ3v) is 2.91. The van der Waals surface area contributed by atoms with Crippen molar-refractivity contribution in [3.8, 4) is 5.75 Å². The maximum Gasteiger partial charge on any atom is 0.126 e. The first-order valence-electron chi connectivity index (χ1n) is 5.78. The van der Waals surface area contributed by atoms with E-state index in [-0.39, 0.29) is 0 Å². The van der Waals surface area contributed by atoms with E-state index in [1.54, 1.807) is 0 Å². The number of fused-ring (bicyclic) bond motifs is 1. The number of benzene rings is 1. The molecule has 0 saturated heterocycles. The highest BCUT2D eigenvalue weighted by molar-refractivity contribution is 5.43. The summed E-state index contributed by atoms with van der Waals surface area (Å²) in [6.45, 7) is 6.22. The van der Waals surface area contributed by atoms with Gasteiger partial charge in [0.05, 0.1) is 6.61 Å². The van der Waals surface area contributed by atoms with Gasteiger partial charge in [0, 0.05) is 18.0 Å². The fourth-order valence-electron chi connectivity index (χ4n) is 2.11. The average Bonchev–Trinajstić information content (AvgIpc) is 2.27. The molecule has 2 nitrogen and oxygen atoms in total. The van der Waals surface area contributed by atoms with E-state index >= 15 is 0 Å². The molecule has 0 radical (unpaired) electrons. The van der Waals surface area contributed by atoms with Gasteiger partial charge < -0.3 is 10.1 Å². The van der Waals surface area contributed by atoms with Gasteiger partial charge in [-0.05, 0) is 25.5 Å². The Kier molecular flexibility index (Phi) is 3.27. The zero-order valence-electron chi connectivity index (χ0n) is 9.55. The van der Waals surface area contributed by atoms with E-state index in [0.29, 0.717) is 6.04 Å². The van der Waals surface area contributed by atoms with E-state index < -0.39 is 0 Å². The van der Waals surface area contributed by atoms with Crippen molar-refractivity contribution < 1.29 is 4.74 Å². The molecule has 1 aliphatic rings. The summed E-state index contributed by atoms with van der Waals surface area (Å²) in [5.74, 6) is 1.09. The first kappa shape index (κ1) is 10.5. The van der Waals surface area contributed by atoms with Crippen molar-refractivity contribution in [2.75, 3.05) is 13.2 Å². The lowest BCUT2D eigenvalue weighted by Gasteiger charge is -2.27. The Hall–Kier alpha value is -1.02. The predicted octanol–water partition coefficient (Wildman–Crippen LogP) is 2.82. The second-order valence-electron chi connectivity index (χ2n) is 4.14. The maximum atomic E-state index is 5.72. The average molecular weight is 205 g/mol. The van der Waals surface area contributed by atoms with E-state index in [0.717, 1.165) is 25.3 Å². The van der Waals surface area contributed by atoms with Crippen LogP contribution < -0.4 is 10.1 Å². The van der Waals surface area contributed by atoms with Crippen molar-refractivity contribution in [2.24, 2.45) is 0 Å². The molecule has 0 aliphatic carbocycles. The molecule has 1 N–H and O–H groups in total. The highest BCUT2D eigenvalue weighted by Crippen LogP contribution is 2.34. The van der Waals surface area contributed by atoms with Crippen LogP contribution in [0, 0.1) is 6.92 Å². The lowest BCUT2D eigenvalue weighted by Crippen LogP contribution is -2.27. The summed E-state index contributed by atoms with van der Waals surface area (Å²) in [6.07, 6.45) is 2.26. The molecule has 2 heteroatoms. The molecule has 82 valence electrons. The molecule has 0 spiro atoms. The molecule has 1 atom stereocenters. The van der Waals surface area contributed by atoms with E-state index in [2.05, 4.69) is 37.4 Å². The van der Waals surface area contributed by atoms with Crippen LogP contribution in [0.5, 0.6) is 5.75 Å². The van der Waals surface area contributed by atoms with Crippen molar-refractivity contribution in [3.63, 3.8) is 0 Å². The number of para-hydroxylation sites is 1. The van der Waals surface area contributed by atoms with Gasteiger partial charge in [-0.1, -0.05) is 25.1 Å². The number of hydrogen-bond acceptors (Lipinski definition) is 2. The number of aryl methyl sites for hydroxylation is 1. The largest absolute Gasteiger partial charge is 0.493 e. The van der Waals surface area contributed by atoms with Gasteiger partial charge in [0.15, 0.2) is 0 Å². The zero-order chi connectivity index (χ0) is 10.7. The summed E-state index contributed by atoms with van der Waals surface area (Å²) in [4.78, 5) is 0. The van der Waals surface area contributed by atoms with Gasteiger partial charge in [-0.15, -0.1) is 0 Å². The normalized spacial score (nSPS) is 19.5. The molecule has 0 saturated carbocycles. The van der Waals surface area contributed by atoms with Crippen molar-refractivity contribution in [1.29, 1.82) is 0 Å². The van der Waals surface area contributed by atoms with E-state index in [9.17, 15) is 0 Å². The minimum absolute atomic E-state index is 0.480. The summed E-state index contributed by atoms with van der Waals surface area (Å²) < 4.78 is 5.72. The minimum atomic E-state index is 0.480. The van der Waals surface area contributed by atoms with Crippen LogP contribution in [0.4, 0.5) is 0 Å². The standard InChI is InChI=1S/C13H19NO/c1-3-8-14-12-7-9-15-13-10(2)5-4-6-11(12)13/h4-6,12,14H,3,7-9H2,1-2H3. The molecule has 0 fully saturated rings. The predicted molar refractivity (Wildman–Crippen MR) is 62.3 cm³/mol. The molecule has 1 aromatic carbocycles. The van der Waals surface area contributed by atoms with Gasteiger partial charge in [-0.25, -0.2) is 0 Å². The fraction of sp³-hybridized carbons (Fsp3) is 0.538. The maximum absolute atomic E-state index is 5.72. The third kappa shape index (κ3) is 2.15. The molecule has 0 bridgehead atoms. The summed E-state index contributed by atoms with van der Waals surface area (Å²) in [6, 6.07) is 6.88. The fourth-order valence-corrected chi connectivity index (χ4v) is 2.11. The first-order valence-corrected chi connectivity index (χ1v) is 5.78. The molecule has 1 heterocycles. The van der Waals surface area contributed by atoms with Crippen LogP contribution in [0.2, 0.25) is 0 Å². The van der Waals surface area contributed by atoms with Crippen LogP contribution >= 0.6 is 0 Å². The van der Waals surface area contributed by atoms with Gasteiger partial charge in [0.1, 0.15) is 5.75 Å². The van der Waals surface area contributed by atoms with Crippen molar-refractivity contribution in [3.05, 3.63) is 29.3 Å². The Morgan fingerprint density at radius 2 is 2.33 bits per heavy atom. The van der Waals surface area contributed by atoms with Gasteiger partial charge in [-0.2, -0.15) is 0 Å². The Bertz CT molecular complexity index is 335. The van der Waals surface area contributed by atoms with E-state index in [1.807, 2.05) is 0 Å². The van der Waals surface area contributed by atoms with Crippen molar-refractivity contribution in [1.82, 2.24) is 5.32 Å². The van der Waals surface area contributed by atoms with Gasteiger partial charge >= 0.3 is 0 Å². The lowest BCUT2D eigenvalue weighted by molar-refractivity contribution is 0.251. The second-order valence-corrected chi connectivity index (χ2v) is 4.14. The number of ether oxygens (including phenoxy) is 1. The van der Waals surface area contributed by atoms with Crippen LogP contribution in [0.15, 0.2) is 18.2 Å². The topological polar surface area (TPSA) is 21.3 Å². The Labute approximate surface area is 91.6 Å². The number of nitrogens with one attached hydrogen (secondary N) is 1. The molecule has 0 amide bonds. The Morgan fingerprint density at radius 3 is 3.13 bits per heavy atom. The highest BCUT2D eigenvalue weighted by Gasteiger charge is 2.21. The van der Waals surface area contributed by atoms with Crippen molar-refractivity contribution >= 4 is 0 Å². The van der Waals surface area contributed by atoms with Gasteiger partial charge in [0.25, 0.3) is 0 Å². The van der Waals surface area contributed by atoms with Crippen LogP contribution in [0.25, 0.3) is 0 Å². The smallest absolute Gasteiger partial charge is 0.126 e. The molecule has 1 aliphatic heterocycles. The molecule has 1 aromatic rings. The highest BCUT2D eigenvalue weighted by atomic mass is 16.5. The minimum Gasteiger partial charge on any atom is -0.493 e. The van der Waals surface area contributed by atoms with Gasteiger partial charge in [-0.3, -0.25) is 0 Å². The molecule has 0 aromatic heterocycles. The molecular formula is C13H19NO. The Morgan fingerprint density at radius 1 is 1.47 bits per heavy atom. The lowest BCUT2D eigenvalue weighted by atomic mass is 9.98. The van der Waals surface area contributed by atoms with Crippen LogP contribution in [-0.2, 0) is 0 Å². The molecule has 15 heavy (non-hydrogen) atoms. The number of hydrogen-bond donors (Lipinski definition) is 1. The van der Waals surface area contributed by atoms with E-state index in [1.165, 1.54) is 17.5 Å². The second kappa shape index (κ2) is 4.67. The molecular weight excluding hydrogens is 186 g/mol. The zero-order valence-corrected chi connectivity index (χ0v) is 9.55. The quantitative estimate of drug-likeness (QED) is 0.819. The molecule has 2 rings (SSSR count). The summed E-state index contributed by atoms with van der Waals surface area (Å²) in [7, 11) is 0. The van der Waals surface area contributed by atoms with Crippen LogP contribution in [0.1, 0.15) is 36.9 Å². The Balaban J connectivity index is 2.22. The first-order chi connectivity index (χ1) is 7.33. The number of rotatable bonds is 3. The monoisotopic (exact) mass is 205 g/mol. The third-order valence-electron chi connectivity index (χ3n) is 2.91. The van der Waals surface area contributed by atoms with Crippen LogP contribution in [-0.4, -0.2) is 13.2 Å². The van der Waals surface area contributed by atoms with Crippen molar-refractivity contribution in [2.45, 2.75) is 32.7 Å². The summed E-state index contributed by atoms with van der Waals surface area (Å²) >= 11 is 0.